The van der Waals surface area contributed by atoms with Crippen molar-refractivity contribution in [2.45, 2.75) is 33.2 Å². The third-order valence-electron chi connectivity index (χ3n) is 3.99. The van der Waals surface area contributed by atoms with Crippen molar-refractivity contribution < 1.29 is 14.4 Å². The normalized spacial score (nSPS) is 17.6. The molecule has 1 heterocycles. The van der Waals surface area contributed by atoms with Gasteiger partial charge in [-0.25, -0.2) is 0 Å². The van der Waals surface area contributed by atoms with Crippen LogP contribution in [0.5, 0.6) is 0 Å². The Morgan fingerprint density at radius 2 is 2.12 bits per heavy atom. The van der Waals surface area contributed by atoms with Gasteiger partial charge in [0.15, 0.2) is 0 Å². The second-order valence-electron chi connectivity index (χ2n) is 6.25. The minimum atomic E-state index is -0.535. The fourth-order valence-corrected chi connectivity index (χ4v) is 2.96. The molecule has 24 heavy (non-hydrogen) atoms. The van der Waals surface area contributed by atoms with Gasteiger partial charge in [0.05, 0.1) is 0 Å². The average molecular weight is 352 g/mol. The predicted octanol–water partition coefficient (Wildman–Crippen LogP) is 1.96. The number of aryl methyl sites for hydroxylation is 1. The van der Waals surface area contributed by atoms with Gasteiger partial charge < -0.3 is 15.5 Å². The van der Waals surface area contributed by atoms with E-state index >= 15 is 0 Å². The number of amides is 3. The number of nitrogens with one attached hydrogen (secondary N) is 2. The summed E-state index contributed by atoms with van der Waals surface area (Å²) in [5.41, 5.74) is 1.44. The van der Waals surface area contributed by atoms with E-state index in [0.717, 1.165) is 5.56 Å². The van der Waals surface area contributed by atoms with E-state index in [2.05, 4.69) is 10.6 Å². The van der Waals surface area contributed by atoms with Crippen LogP contribution >= 0.6 is 11.6 Å². The zero-order chi connectivity index (χ0) is 17.9. The van der Waals surface area contributed by atoms with Crippen molar-refractivity contribution in [2.24, 2.45) is 5.92 Å². The molecule has 1 atom stereocenters. The molecule has 0 spiro atoms. The third-order valence-corrected chi connectivity index (χ3v) is 4.23. The third kappa shape index (κ3) is 4.26. The molecule has 1 aliphatic rings. The standard InChI is InChI=1S/C17H22ClN3O3/c1-10(2)16-17(24)19-6-7-21(16)15(23)9-14(22)20-13-8-12(18)5-4-11(13)3/h4-5,8,10,16H,6-7,9H2,1-3H3,(H,19,24)(H,20,22)/t16-/m1/s1. The van der Waals surface area contributed by atoms with Gasteiger partial charge in [-0.3, -0.25) is 14.4 Å². The lowest BCUT2D eigenvalue weighted by Crippen LogP contribution is -2.59. The number of anilines is 1. The second kappa shape index (κ2) is 7.66. The quantitative estimate of drug-likeness (QED) is 0.814. The van der Waals surface area contributed by atoms with E-state index in [1.54, 1.807) is 18.2 Å². The molecule has 6 nitrogen and oxygen atoms in total. The van der Waals surface area contributed by atoms with Gasteiger partial charge in [-0.05, 0) is 30.5 Å². The fraction of sp³-hybridized carbons (Fsp3) is 0.471. The van der Waals surface area contributed by atoms with E-state index in [4.69, 9.17) is 11.6 Å². The first kappa shape index (κ1) is 18.3. The van der Waals surface area contributed by atoms with Crippen molar-refractivity contribution in [3.05, 3.63) is 28.8 Å². The van der Waals surface area contributed by atoms with Crippen LogP contribution in [0.15, 0.2) is 18.2 Å². The molecule has 130 valence electrons. The molecule has 1 aliphatic heterocycles. The first-order valence-corrected chi connectivity index (χ1v) is 8.30. The molecule has 2 rings (SSSR count). The maximum Gasteiger partial charge on any atom is 0.243 e. The molecule has 1 aromatic carbocycles. The van der Waals surface area contributed by atoms with Gasteiger partial charge >= 0.3 is 0 Å². The van der Waals surface area contributed by atoms with Crippen molar-refractivity contribution in [3.63, 3.8) is 0 Å². The van der Waals surface area contributed by atoms with Gasteiger partial charge in [-0.2, -0.15) is 0 Å². The topological polar surface area (TPSA) is 78.5 Å². The Bertz CT molecular complexity index is 660. The molecule has 0 unspecified atom stereocenters. The minimum Gasteiger partial charge on any atom is -0.353 e. The van der Waals surface area contributed by atoms with Gasteiger partial charge in [-0.1, -0.05) is 31.5 Å². The highest BCUT2D eigenvalue weighted by Gasteiger charge is 2.35. The predicted molar refractivity (Wildman–Crippen MR) is 92.8 cm³/mol. The highest BCUT2D eigenvalue weighted by Crippen LogP contribution is 2.21. The summed E-state index contributed by atoms with van der Waals surface area (Å²) in [5, 5.41) is 5.97. The maximum absolute atomic E-state index is 12.5. The van der Waals surface area contributed by atoms with E-state index in [1.165, 1.54) is 4.90 Å². The van der Waals surface area contributed by atoms with Crippen LogP contribution < -0.4 is 10.6 Å². The van der Waals surface area contributed by atoms with E-state index in [1.807, 2.05) is 20.8 Å². The number of nitrogens with zero attached hydrogens (tertiary/aromatic N) is 1. The number of hydrogen-bond donors (Lipinski definition) is 2. The Labute approximate surface area is 146 Å². The SMILES string of the molecule is Cc1ccc(Cl)cc1NC(=O)CC(=O)N1CCNC(=O)[C@H]1C(C)C. The molecule has 7 heteroatoms. The molecular formula is C17H22ClN3O3. The first-order chi connectivity index (χ1) is 11.3. The summed E-state index contributed by atoms with van der Waals surface area (Å²) >= 11 is 5.93. The van der Waals surface area contributed by atoms with Gasteiger partial charge in [0, 0.05) is 23.8 Å². The van der Waals surface area contributed by atoms with Crippen LogP contribution in [0.4, 0.5) is 5.69 Å². The summed E-state index contributed by atoms with van der Waals surface area (Å²) in [5.74, 6) is -0.956. The maximum atomic E-state index is 12.5. The molecule has 1 aromatic rings. The molecule has 0 aromatic heterocycles. The van der Waals surface area contributed by atoms with Crippen molar-refractivity contribution in [1.82, 2.24) is 10.2 Å². The number of carbonyl (C=O) groups excluding carboxylic acids is 3. The highest BCUT2D eigenvalue weighted by atomic mass is 35.5. The van der Waals surface area contributed by atoms with Crippen LogP contribution in [0, 0.1) is 12.8 Å². The van der Waals surface area contributed by atoms with Crippen LogP contribution in [0.3, 0.4) is 0 Å². The van der Waals surface area contributed by atoms with E-state index in [-0.39, 0.29) is 24.2 Å². The van der Waals surface area contributed by atoms with E-state index in [9.17, 15) is 14.4 Å². The molecule has 1 fully saturated rings. The average Bonchev–Trinajstić information content (AvgIpc) is 2.50. The zero-order valence-electron chi connectivity index (χ0n) is 14.1. The summed E-state index contributed by atoms with van der Waals surface area (Å²) < 4.78 is 0. The Balaban J connectivity index is 2.04. The molecule has 2 N–H and O–H groups in total. The Hall–Kier alpha value is -2.08. The smallest absolute Gasteiger partial charge is 0.243 e. The van der Waals surface area contributed by atoms with Crippen molar-refractivity contribution in [3.8, 4) is 0 Å². The van der Waals surface area contributed by atoms with Gasteiger partial charge in [0.1, 0.15) is 12.5 Å². The molecule has 0 saturated carbocycles. The van der Waals surface area contributed by atoms with Crippen molar-refractivity contribution >= 4 is 35.0 Å². The van der Waals surface area contributed by atoms with E-state index < -0.39 is 11.9 Å². The molecule has 0 bridgehead atoms. The van der Waals surface area contributed by atoms with E-state index in [0.29, 0.717) is 23.8 Å². The monoisotopic (exact) mass is 351 g/mol. The molecule has 0 aliphatic carbocycles. The lowest BCUT2D eigenvalue weighted by Gasteiger charge is -2.37. The number of halogens is 1. The van der Waals surface area contributed by atoms with Crippen LogP contribution in [0.2, 0.25) is 5.02 Å². The summed E-state index contributed by atoms with van der Waals surface area (Å²) in [7, 11) is 0. The number of rotatable bonds is 4. The zero-order valence-corrected chi connectivity index (χ0v) is 14.8. The number of carbonyl (C=O) groups is 3. The van der Waals surface area contributed by atoms with Crippen LogP contribution in [0.1, 0.15) is 25.8 Å². The Kier molecular flexibility index (Phi) is 5.83. The highest BCUT2D eigenvalue weighted by molar-refractivity contribution is 6.31. The Morgan fingerprint density at radius 1 is 1.42 bits per heavy atom. The molecular weight excluding hydrogens is 330 g/mol. The van der Waals surface area contributed by atoms with Crippen LogP contribution in [-0.2, 0) is 14.4 Å². The minimum absolute atomic E-state index is 0.0208. The van der Waals surface area contributed by atoms with Crippen molar-refractivity contribution in [1.29, 1.82) is 0 Å². The summed E-state index contributed by atoms with van der Waals surface area (Å²) in [6.07, 6.45) is -0.303. The number of benzene rings is 1. The summed E-state index contributed by atoms with van der Waals surface area (Å²) in [6.45, 7) is 6.42. The lowest BCUT2D eigenvalue weighted by atomic mass is 9.99. The lowest BCUT2D eigenvalue weighted by molar-refractivity contribution is -0.146. The number of hydrogen-bond acceptors (Lipinski definition) is 3. The van der Waals surface area contributed by atoms with Gasteiger partial charge in [0.25, 0.3) is 0 Å². The Morgan fingerprint density at radius 3 is 2.79 bits per heavy atom. The molecule has 1 saturated heterocycles. The van der Waals surface area contributed by atoms with Gasteiger partial charge in [0.2, 0.25) is 17.7 Å². The molecule has 3 amide bonds. The van der Waals surface area contributed by atoms with Crippen molar-refractivity contribution in [2.75, 3.05) is 18.4 Å². The summed E-state index contributed by atoms with van der Waals surface area (Å²) in [4.78, 5) is 38.1. The number of piperazine rings is 1. The van der Waals surface area contributed by atoms with Crippen LogP contribution in [-0.4, -0.2) is 41.8 Å². The summed E-state index contributed by atoms with van der Waals surface area (Å²) in [6, 6.07) is 4.64. The largest absolute Gasteiger partial charge is 0.353 e. The first-order valence-electron chi connectivity index (χ1n) is 7.92. The fourth-order valence-electron chi connectivity index (χ4n) is 2.79. The van der Waals surface area contributed by atoms with Crippen LogP contribution in [0.25, 0.3) is 0 Å². The second-order valence-corrected chi connectivity index (χ2v) is 6.69. The van der Waals surface area contributed by atoms with Gasteiger partial charge in [-0.15, -0.1) is 0 Å². The molecule has 0 radical (unpaired) electrons.